The van der Waals surface area contributed by atoms with Crippen molar-refractivity contribution in [3.63, 3.8) is 0 Å². The van der Waals surface area contributed by atoms with Crippen LogP contribution < -0.4 is 21.2 Å². The Morgan fingerprint density at radius 3 is 1.77 bits per heavy atom. The highest BCUT2D eigenvalue weighted by Crippen LogP contribution is 2.55. The number of hydrogen-bond acceptors (Lipinski definition) is 3. The second kappa shape index (κ2) is 7.81. The minimum Gasteiger partial charge on any atom is -0.346 e. The van der Waals surface area contributed by atoms with Crippen molar-refractivity contribution >= 4 is 29.0 Å². The van der Waals surface area contributed by atoms with Gasteiger partial charge in [-0.3, -0.25) is 5.32 Å². The van der Waals surface area contributed by atoms with Crippen molar-refractivity contribution in [3.05, 3.63) is 115 Å². The van der Waals surface area contributed by atoms with E-state index in [4.69, 9.17) is 5.10 Å². The van der Waals surface area contributed by atoms with Crippen LogP contribution in [0.4, 0.5) is 0 Å². The number of amidine groups is 1. The summed E-state index contributed by atoms with van der Waals surface area (Å²) in [6, 6.07) is 32.8. The van der Waals surface area contributed by atoms with E-state index in [1.54, 1.807) is 0 Å². The van der Waals surface area contributed by atoms with Gasteiger partial charge in [0.15, 0.2) is 0 Å². The zero-order valence-electron chi connectivity index (χ0n) is 17.9. The summed E-state index contributed by atoms with van der Waals surface area (Å²) in [5.74, 6) is 2.10. The Kier molecular flexibility index (Phi) is 4.97. The van der Waals surface area contributed by atoms with Crippen molar-refractivity contribution in [1.82, 2.24) is 10.2 Å². The smallest absolute Gasteiger partial charge is 0.255 e. The molecule has 0 aromatic heterocycles. The normalized spacial score (nSPS) is 20.0. The third-order valence-electron chi connectivity index (χ3n) is 5.98. The largest absolute Gasteiger partial charge is 0.346 e. The van der Waals surface area contributed by atoms with E-state index in [0.717, 1.165) is 17.8 Å². The van der Waals surface area contributed by atoms with Crippen molar-refractivity contribution in [2.45, 2.75) is 0 Å². The molecule has 1 unspecified atom stereocenters. The van der Waals surface area contributed by atoms with Crippen molar-refractivity contribution in [3.8, 4) is 0 Å². The van der Waals surface area contributed by atoms with Gasteiger partial charge in [0.2, 0.25) is 5.84 Å². The fourth-order valence-corrected chi connectivity index (χ4v) is 8.47. The maximum atomic E-state index is 5.13. The van der Waals surface area contributed by atoms with Crippen LogP contribution in [0.2, 0.25) is 0 Å². The van der Waals surface area contributed by atoms with Crippen LogP contribution in [0, 0.1) is 0 Å². The van der Waals surface area contributed by atoms with E-state index in [2.05, 4.69) is 127 Å². The standard InChI is InChI=1S/C26H27N4P/c1-29-18-19-30(2)26(20-29)27-25(28-30)21-31(22-12-6-3-7-13-22,23-14-8-4-9-15-23)24-16-10-5-11-17-24/h3-20H,21H2,1-2H3,(H,27,28)/q+2. The van der Waals surface area contributed by atoms with E-state index in [1.165, 1.54) is 15.9 Å². The molecule has 0 amide bonds. The molecule has 2 aliphatic heterocycles. The maximum Gasteiger partial charge on any atom is 0.255 e. The molecule has 5 rings (SSSR count). The van der Waals surface area contributed by atoms with Crippen LogP contribution in [0.1, 0.15) is 0 Å². The van der Waals surface area contributed by atoms with Gasteiger partial charge >= 0.3 is 0 Å². The molecular weight excluding hydrogens is 399 g/mol. The lowest BCUT2D eigenvalue weighted by molar-refractivity contribution is -0.826. The van der Waals surface area contributed by atoms with Gasteiger partial charge in [0.1, 0.15) is 42.6 Å². The monoisotopic (exact) mass is 426 g/mol. The first kappa shape index (κ1) is 19.7. The quantitative estimate of drug-likeness (QED) is 0.499. The van der Waals surface area contributed by atoms with Gasteiger partial charge in [-0.25, -0.2) is 0 Å². The van der Waals surface area contributed by atoms with E-state index in [9.17, 15) is 0 Å². The number of nitrogens with one attached hydrogen (secondary N) is 1. The average molecular weight is 427 g/mol. The Hall–Kier alpha value is -3.20. The lowest BCUT2D eigenvalue weighted by Crippen LogP contribution is -2.39. The van der Waals surface area contributed by atoms with Gasteiger partial charge in [-0.15, -0.1) is 4.59 Å². The third-order valence-corrected chi connectivity index (χ3v) is 10.3. The number of rotatable bonds is 5. The summed E-state index contributed by atoms with van der Waals surface area (Å²) in [7, 11) is 2.19. The van der Waals surface area contributed by atoms with Crippen LogP contribution in [-0.4, -0.2) is 35.6 Å². The SMILES string of the molecule is CN1C=C[N+]2(C)N=C(C[P+](c3ccccc3)(c3ccccc3)c3ccccc3)NC2=C1. The number of quaternary nitrogens is 1. The van der Waals surface area contributed by atoms with Crippen LogP contribution in [0.25, 0.3) is 0 Å². The Morgan fingerprint density at radius 1 is 0.806 bits per heavy atom. The van der Waals surface area contributed by atoms with Gasteiger partial charge in [-0.1, -0.05) is 59.7 Å². The molecule has 2 heterocycles. The molecule has 154 valence electrons. The highest BCUT2D eigenvalue weighted by Gasteiger charge is 2.49. The average Bonchev–Trinajstić information content (AvgIpc) is 3.14. The highest BCUT2D eigenvalue weighted by atomic mass is 31.2. The van der Waals surface area contributed by atoms with Gasteiger partial charge in [0.05, 0.1) is 12.4 Å². The Balaban J connectivity index is 1.69. The van der Waals surface area contributed by atoms with Gasteiger partial charge < -0.3 is 4.90 Å². The molecule has 3 aromatic rings. The lowest BCUT2D eigenvalue weighted by atomic mass is 10.4. The fraction of sp³-hybridized carbons (Fsp3) is 0.115. The molecule has 2 aliphatic rings. The van der Waals surface area contributed by atoms with Crippen molar-refractivity contribution in [1.29, 1.82) is 0 Å². The van der Waals surface area contributed by atoms with Gasteiger partial charge in [0.25, 0.3) is 5.82 Å². The first-order valence-corrected chi connectivity index (χ1v) is 12.5. The van der Waals surface area contributed by atoms with Gasteiger partial charge in [-0.05, 0) is 36.4 Å². The molecule has 0 radical (unpaired) electrons. The van der Waals surface area contributed by atoms with E-state index >= 15 is 0 Å². The first-order chi connectivity index (χ1) is 15.1. The van der Waals surface area contributed by atoms with Crippen molar-refractivity contribution in [2.75, 3.05) is 20.3 Å². The Labute approximate surface area is 184 Å². The summed E-state index contributed by atoms with van der Waals surface area (Å²) in [5.41, 5.74) is 0. The molecule has 5 heteroatoms. The molecule has 0 bridgehead atoms. The Bertz CT molecular complexity index is 1060. The van der Waals surface area contributed by atoms with Crippen LogP contribution in [-0.2, 0) is 0 Å². The molecule has 0 fully saturated rings. The number of benzene rings is 3. The molecule has 0 aliphatic carbocycles. The predicted octanol–water partition coefficient (Wildman–Crippen LogP) is 3.56. The highest BCUT2D eigenvalue weighted by molar-refractivity contribution is 7.96. The fourth-order valence-electron chi connectivity index (χ4n) is 4.39. The number of hydrogen-bond donors (Lipinski definition) is 1. The molecule has 1 atom stereocenters. The van der Waals surface area contributed by atoms with Gasteiger partial charge in [0, 0.05) is 7.05 Å². The van der Waals surface area contributed by atoms with Crippen LogP contribution in [0.15, 0.2) is 121 Å². The van der Waals surface area contributed by atoms with Crippen molar-refractivity contribution < 1.29 is 4.59 Å². The third kappa shape index (κ3) is 3.48. The summed E-state index contributed by atoms with van der Waals surface area (Å²) >= 11 is 0. The maximum absolute atomic E-state index is 5.13. The summed E-state index contributed by atoms with van der Waals surface area (Å²) in [6.07, 6.45) is 7.13. The molecular formula is C26H27N4P+2. The summed E-state index contributed by atoms with van der Waals surface area (Å²) in [6.45, 7) is 0. The Morgan fingerprint density at radius 2 is 1.29 bits per heavy atom. The number of nitrogens with zero attached hydrogens (tertiary/aromatic N) is 3. The molecule has 31 heavy (non-hydrogen) atoms. The summed E-state index contributed by atoms with van der Waals surface area (Å²) in [5, 5.41) is 12.9. The molecule has 0 spiro atoms. The second-order valence-corrected chi connectivity index (χ2v) is 11.6. The molecule has 1 N–H and O–H groups in total. The minimum absolute atomic E-state index is 0.429. The van der Waals surface area contributed by atoms with Crippen molar-refractivity contribution in [2.24, 2.45) is 5.10 Å². The molecule has 4 nitrogen and oxygen atoms in total. The zero-order chi connectivity index (χ0) is 21.3. The number of fused-ring (bicyclic) bond motifs is 1. The second-order valence-electron chi connectivity index (χ2n) is 8.15. The van der Waals surface area contributed by atoms with E-state index in [1.807, 2.05) is 7.05 Å². The lowest BCUT2D eigenvalue weighted by Gasteiger charge is -2.27. The topological polar surface area (TPSA) is 27.6 Å². The summed E-state index contributed by atoms with van der Waals surface area (Å²) < 4.78 is 0.429. The van der Waals surface area contributed by atoms with Gasteiger partial charge in [-0.2, -0.15) is 0 Å². The molecule has 0 saturated heterocycles. The van der Waals surface area contributed by atoms with E-state index < -0.39 is 7.26 Å². The van der Waals surface area contributed by atoms with E-state index in [-0.39, 0.29) is 0 Å². The van der Waals surface area contributed by atoms with Crippen LogP contribution in [0.3, 0.4) is 0 Å². The van der Waals surface area contributed by atoms with E-state index in [0.29, 0.717) is 4.59 Å². The zero-order valence-corrected chi connectivity index (χ0v) is 18.8. The molecule has 3 aromatic carbocycles. The van der Waals surface area contributed by atoms with Crippen LogP contribution >= 0.6 is 7.26 Å². The summed E-state index contributed by atoms with van der Waals surface area (Å²) in [4.78, 5) is 2.06. The predicted molar refractivity (Wildman–Crippen MR) is 132 cm³/mol. The minimum atomic E-state index is -1.97. The first-order valence-electron chi connectivity index (χ1n) is 10.5. The molecule has 0 saturated carbocycles. The van der Waals surface area contributed by atoms with Crippen LogP contribution in [0.5, 0.6) is 0 Å².